The van der Waals surface area contributed by atoms with E-state index in [1.807, 2.05) is 6.92 Å². The maximum atomic E-state index is 12.5. The molecule has 6 nitrogen and oxygen atoms in total. The van der Waals surface area contributed by atoms with Crippen molar-refractivity contribution in [2.75, 3.05) is 19.6 Å². The van der Waals surface area contributed by atoms with Crippen molar-refractivity contribution in [1.82, 2.24) is 20.4 Å². The van der Waals surface area contributed by atoms with Crippen molar-refractivity contribution in [3.05, 3.63) is 17.5 Å². The highest BCUT2D eigenvalue weighted by atomic mass is 16.2. The van der Waals surface area contributed by atoms with Gasteiger partial charge in [0.2, 0.25) is 5.91 Å². The number of rotatable bonds is 5. The molecule has 1 aromatic heterocycles. The fourth-order valence-electron chi connectivity index (χ4n) is 2.90. The fraction of sp³-hybridized carbons (Fsp3) is 0.688. The first-order chi connectivity index (χ1) is 10.7. The summed E-state index contributed by atoms with van der Waals surface area (Å²) < 4.78 is 0. The molecule has 2 heterocycles. The second-order valence-electron chi connectivity index (χ2n) is 6.41. The third-order valence-corrected chi connectivity index (χ3v) is 4.57. The highest BCUT2D eigenvalue weighted by Gasteiger charge is 2.30. The summed E-state index contributed by atoms with van der Waals surface area (Å²) in [6.07, 6.45) is 5.02. The van der Waals surface area contributed by atoms with Gasteiger partial charge in [-0.25, -0.2) is 0 Å². The van der Waals surface area contributed by atoms with E-state index in [-0.39, 0.29) is 17.7 Å². The third kappa shape index (κ3) is 3.48. The summed E-state index contributed by atoms with van der Waals surface area (Å²) in [7, 11) is 0. The predicted octanol–water partition coefficient (Wildman–Crippen LogP) is 1.35. The van der Waals surface area contributed by atoms with Gasteiger partial charge in [0.1, 0.15) is 5.69 Å². The minimum Gasteiger partial charge on any atom is -0.356 e. The molecule has 1 atom stereocenters. The summed E-state index contributed by atoms with van der Waals surface area (Å²) in [5.74, 6) is 0.624. The smallest absolute Gasteiger partial charge is 0.274 e. The normalized spacial score (nSPS) is 21.7. The molecule has 2 amide bonds. The Morgan fingerprint density at radius 2 is 2.23 bits per heavy atom. The van der Waals surface area contributed by atoms with Gasteiger partial charge in [0, 0.05) is 25.3 Å². The number of aryl methyl sites for hydroxylation is 1. The summed E-state index contributed by atoms with van der Waals surface area (Å²) in [6.45, 7) is 4.02. The van der Waals surface area contributed by atoms with Crippen LogP contribution < -0.4 is 5.32 Å². The molecule has 0 bridgehead atoms. The van der Waals surface area contributed by atoms with E-state index in [1.165, 1.54) is 12.8 Å². The molecular formula is C16H24N4O2. The second-order valence-corrected chi connectivity index (χ2v) is 6.41. The van der Waals surface area contributed by atoms with Gasteiger partial charge >= 0.3 is 0 Å². The van der Waals surface area contributed by atoms with Crippen molar-refractivity contribution in [1.29, 1.82) is 0 Å². The molecule has 1 unspecified atom stereocenters. The Morgan fingerprint density at radius 1 is 1.41 bits per heavy atom. The van der Waals surface area contributed by atoms with Crippen LogP contribution in [-0.4, -0.2) is 46.5 Å². The van der Waals surface area contributed by atoms with Crippen LogP contribution in [-0.2, 0) is 11.2 Å². The Hall–Kier alpha value is -1.85. The number of aromatic nitrogens is 2. The number of likely N-dealkylation sites (tertiary alicyclic amines) is 1. The first kappa shape index (κ1) is 15.1. The van der Waals surface area contributed by atoms with E-state index >= 15 is 0 Å². The van der Waals surface area contributed by atoms with Crippen LogP contribution in [0.2, 0.25) is 0 Å². The minimum atomic E-state index is -0.0824. The summed E-state index contributed by atoms with van der Waals surface area (Å²) in [5.41, 5.74) is 1.41. The maximum absolute atomic E-state index is 12.5. The number of amides is 2. The topological polar surface area (TPSA) is 78.1 Å². The number of hydrogen-bond acceptors (Lipinski definition) is 3. The average Bonchev–Trinajstić information content (AvgIpc) is 3.26. The molecule has 0 aromatic carbocycles. The highest BCUT2D eigenvalue weighted by molar-refractivity contribution is 5.93. The van der Waals surface area contributed by atoms with Gasteiger partial charge in [0.25, 0.3) is 5.91 Å². The molecule has 2 aliphatic rings. The Balaban J connectivity index is 1.56. The highest BCUT2D eigenvalue weighted by Crippen LogP contribution is 2.28. The molecule has 3 rings (SSSR count). The monoisotopic (exact) mass is 304 g/mol. The Bertz CT molecular complexity index is 550. The first-order valence-electron chi connectivity index (χ1n) is 8.28. The molecule has 1 aliphatic heterocycles. The number of nitrogens with one attached hydrogen (secondary N) is 2. The van der Waals surface area contributed by atoms with Crippen LogP contribution in [0.25, 0.3) is 0 Å². The Kier molecular flexibility index (Phi) is 4.45. The molecule has 6 heteroatoms. The first-order valence-corrected chi connectivity index (χ1v) is 8.28. The van der Waals surface area contributed by atoms with Crippen LogP contribution in [0, 0.1) is 11.8 Å². The van der Waals surface area contributed by atoms with Gasteiger partial charge in [-0.05, 0) is 44.1 Å². The Labute approximate surface area is 130 Å². The van der Waals surface area contributed by atoms with E-state index in [4.69, 9.17) is 0 Å². The lowest BCUT2D eigenvalue weighted by molar-refractivity contribution is -0.126. The van der Waals surface area contributed by atoms with E-state index in [0.717, 1.165) is 31.5 Å². The van der Waals surface area contributed by atoms with Crippen LogP contribution in [0.15, 0.2) is 6.07 Å². The number of hydrogen-bond donors (Lipinski definition) is 2. The number of piperidine rings is 1. The lowest BCUT2D eigenvalue weighted by Crippen LogP contribution is -2.45. The predicted molar refractivity (Wildman–Crippen MR) is 82.3 cm³/mol. The van der Waals surface area contributed by atoms with Crippen molar-refractivity contribution in [3.63, 3.8) is 0 Å². The van der Waals surface area contributed by atoms with Gasteiger partial charge in [-0.2, -0.15) is 5.10 Å². The zero-order chi connectivity index (χ0) is 15.5. The van der Waals surface area contributed by atoms with E-state index < -0.39 is 0 Å². The number of H-pyrrole nitrogens is 1. The van der Waals surface area contributed by atoms with Crippen LogP contribution in [0.5, 0.6) is 0 Å². The Morgan fingerprint density at radius 3 is 2.91 bits per heavy atom. The summed E-state index contributed by atoms with van der Waals surface area (Å²) in [5, 5.41) is 9.98. The number of carbonyl (C=O) groups excluding carboxylic acids is 2. The SMILES string of the molecule is CCc1cc(C(=O)N2CCCC(C(=O)NCC3CC3)C2)n[nH]1. The third-order valence-electron chi connectivity index (χ3n) is 4.57. The van der Waals surface area contributed by atoms with Crippen LogP contribution in [0.3, 0.4) is 0 Å². The van der Waals surface area contributed by atoms with Gasteiger partial charge in [0.15, 0.2) is 0 Å². The molecule has 22 heavy (non-hydrogen) atoms. The van der Waals surface area contributed by atoms with Crippen molar-refractivity contribution in [3.8, 4) is 0 Å². The lowest BCUT2D eigenvalue weighted by atomic mass is 9.96. The molecular weight excluding hydrogens is 280 g/mol. The standard InChI is InChI=1S/C16H24N4O2/c1-2-13-8-14(19-18-13)16(22)20-7-3-4-12(10-20)15(21)17-9-11-5-6-11/h8,11-12H,2-7,9-10H2,1H3,(H,17,21)(H,18,19). The van der Waals surface area contributed by atoms with Crippen LogP contribution in [0.1, 0.15) is 48.8 Å². The fourth-order valence-corrected chi connectivity index (χ4v) is 2.90. The number of nitrogens with zero attached hydrogens (tertiary/aromatic N) is 2. The lowest BCUT2D eigenvalue weighted by Gasteiger charge is -2.31. The van der Waals surface area contributed by atoms with Gasteiger partial charge in [-0.15, -0.1) is 0 Å². The van der Waals surface area contributed by atoms with Crippen molar-refractivity contribution < 1.29 is 9.59 Å². The number of aromatic amines is 1. The van der Waals surface area contributed by atoms with Crippen molar-refractivity contribution in [2.45, 2.75) is 39.0 Å². The molecule has 1 aliphatic carbocycles. The maximum Gasteiger partial charge on any atom is 0.274 e. The molecule has 0 spiro atoms. The van der Waals surface area contributed by atoms with Gasteiger partial charge in [-0.1, -0.05) is 6.92 Å². The van der Waals surface area contributed by atoms with Crippen LogP contribution in [0.4, 0.5) is 0 Å². The van der Waals surface area contributed by atoms with Gasteiger partial charge < -0.3 is 10.2 Å². The minimum absolute atomic E-state index is 0.0735. The molecule has 1 saturated carbocycles. The molecule has 120 valence electrons. The molecule has 2 fully saturated rings. The van der Waals surface area contributed by atoms with E-state index in [2.05, 4.69) is 15.5 Å². The second kappa shape index (κ2) is 6.50. The van der Waals surface area contributed by atoms with Crippen molar-refractivity contribution >= 4 is 11.8 Å². The molecule has 1 saturated heterocycles. The quantitative estimate of drug-likeness (QED) is 0.862. The zero-order valence-corrected chi connectivity index (χ0v) is 13.1. The summed E-state index contributed by atoms with van der Waals surface area (Å²) in [6, 6.07) is 1.80. The zero-order valence-electron chi connectivity index (χ0n) is 13.1. The van der Waals surface area contributed by atoms with E-state index in [0.29, 0.717) is 24.7 Å². The molecule has 0 radical (unpaired) electrons. The van der Waals surface area contributed by atoms with Gasteiger partial charge in [0.05, 0.1) is 5.92 Å². The largest absolute Gasteiger partial charge is 0.356 e. The number of carbonyl (C=O) groups is 2. The molecule has 2 N–H and O–H groups in total. The average molecular weight is 304 g/mol. The van der Waals surface area contributed by atoms with Gasteiger partial charge in [-0.3, -0.25) is 14.7 Å². The summed E-state index contributed by atoms with van der Waals surface area (Å²) in [4.78, 5) is 26.5. The summed E-state index contributed by atoms with van der Waals surface area (Å²) >= 11 is 0. The van der Waals surface area contributed by atoms with E-state index in [1.54, 1.807) is 11.0 Å². The molecule has 1 aromatic rings. The van der Waals surface area contributed by atoms with Crippen molar-refractivity contribution in [2.24, 2.45) is 11.8 Å². The van der Waals surface area contributed by atoms with E-state index in [9.17, 15) is 9.59 Å². The van der Waals surface area contributed by atoms with Crippen LogP contribution >= 0.6 is 0 Å².